The van der Waals surface area contributed by atoms with Crippen LogP contribution in [0.1, 0.15) is 18.4 Å². The average Bonchev–Trinajstić information content (AvgIpc) is 3.11. The molecule has 4 rings (SSSR count). The molecule has 0 spiro atoms. The molecule has 5 nitrogen and oxygen atoms in total. The Kier molecular flexibility index (Phi) is 5.28. The fourth-order valence-corrected chi connectivity index (χ4v) is 5.80. The van der Waals surface area contributed by atoms with Crippen molar-refractivity contribution in [2.24, 2.45) is 5.92 Å². The number of anilines is 1. The Balaban J connectivity index is 1.43. The number of amides is 1. The molecule has 2 aromatic carbocycles. The third kappa shape index (κ3) is 3.60. The molecular formula is C20H20BrFN2O3S. The summed E-state index contributed by atoms with van der Waals surface area (Å²) < 4.78 is 40.9. The van der Waals surface area contributed by atoms with Gasteiger partial charge < -0.3 is 4.90 Å². The number of fused-ring (bicyclic) bond motifs is 1. The number of nitrogens with zero attached hydrogens (tertiary/aromatic N) is 2. The SMILES string of the molecule is O=C(C1CCN(S(=O)(=O)c2ccc(F)cc2)CC1)N1CCc2cc(Br)ccc21. The minimum Gasteiger partial charge on any atom is -0.312 e. The first-order valence-corrected chi connectivity index (χ1v) is 11.4. The van der Waals surface area contributed by atoms with Crippen molar-refractivity contribution in [3.05, 3.63) is 58.3 Å². The molecule has 1 fully saturated rings. The summed E-state index contributed by atoms with van der Waals surface area (Å²) in [5, 5.41) is 0. The number of benzene rings is 2. The van der Waals surface area contributed by atoms with E-state index < -0.39 is 15.8 Å². The molecule has 0 atom stereocenters. The second-order valence-corrected chi connectivity index (χ2v) is 10.00. The molecular weight excluding hydrogens is 447 g/mol. The maximum absolute atomic E-state index is 13.1. The standard InChI is InChI=1S/C20H20BrFN2O3S/c21-16-1-6-19-15(13-16)9-12-24(19)20(25)14-7-10-23(11-8-14)28(26,27)18-4-2-17(22)3-5-18/h1-6,13-14H,7-12H2. The summed E-state index contributed by atoms with van der Waals surface area (Å²) in [4.78, 5) is 14.9. The van der Waals surface area contributed by atoms with Gasteiger partial charge in [-0.15, -0.1) is 0 Å². The molecule has 2 aliphatic rings. The zero-order chi connectivity index (χ0) is 19.9. The minimum absolute atomic E-state index is 0.0694. The summed E-state index contributed by atoms with van der Waals surface area (Å²) in [6.07, 6.45) is 1.81. The summed E-state index contributed by atoms with van der Waals surface area (Å²) >= 11 is 3.46. The van der Waals surface area contributed by atoms with Crippen molar-refractivity contribution in [1.29, 1.82) is 0 Å². The highest BCUT2D eigenvalue weighted by Gasteiger charge is 2.35. The predicted octanol–water partition coefficient (Wildman–Crippen LogP) is 3.58. The van der Waals surface area contributed by atoms with Crippen LogP contribution in [-0.2, 0) is 21.2 Å². The Morgan fingerprint density at radius 3 is 2.39 bits per heavy atom. The van der Waals surface area contributed by atoms with Crippen LogP contribution in [-0.4, -0.2) is 38.3 Å². The maximum Gasteiger partial charge on any atom is 0.243 e. The number of hydrogen-bond acceptors (Lipinski definition) is 3. The normalized spacial score (nSPS) is 18.3. The predicted molar refractivity (Wildman–Crippen MR) is 108 cm³/mol. The van der Waals surface area contributed by atoms with E-state index in [0.717, 1.165) is 34.3 Å². The number of piperidine rings is 1. The largest absolute Gasteiger partial charge is 0.312 e. The number of halogens is 2. The van der Waals surface area contributed by atoms with Crippen LogP contribution in [0.2, 0.25) is 0 Å². The minimum atomic E-state index is -3.66. The molecule has 0 saturated carbocycles. The highest BCUT2D eigenvalue weighted by atomic mass is 79.9. The molecule has 8 heteroatoms. The number of carbonyl (C=O) groups excluding carboxylic acids is 1. The van der Waals surface area contributed by atoms with Gasteiger partial charge in [-0.2, -0.15) is 4.31 Å². The third-order valence-corrected chi connectivity index (χ3v) is 7.86. The second kappa shape index (κ2) is 7.57. The Bertz CT molecular complexity index is 1000. The van der Waals surface area contributed by atoms with Crippen LogP contribution in [0.5, 0.6) is 0 Å². The lowest BCUT2D eigenvalue weighted by atomic mass is 9.96. The molecule has 0 aromatic heterocycles. The van der Waals surface area contributed by atoms with Gasteiger partial charge in [-0.05, 0) is 67.3 Å². The topological polar surface area (TPSA) is 57.7 Å². The first-order chi connectivity index (χ1) is 13.4. The second-order valence-electron chi connectivity index (χ2n) is 7.15. The van der Waals surface area contributed by atoms with E-state index in [1.807, 2.05) is 23.1 Å². The van der Waals surface area contributed by atoms with Crippen LogP contribution >= 0.6 is 15.9 Å². The van der Waals surface area contributed by atoms with Gasteiger partial charge >= 0.3 is 0 Å². The maximum atomic E-state index is 13.1. The molecule has 28 heavy (non-hydrogen) atoms. The summed E-state index contributed by atoms with van der Waals surface area (Å²) in [6, 6.07) is 10.8. The Morgan fingerprint density at radius 2 is 1.71 bits per heavy atom. The molecule has 1 saturated heterocycles. The van der Waals surface area contributed by atoms with Crippen molar-refractivity contribution in [3.8, 4) is 0 Å². The molecule has 0 aliphatic carbocycles. The average molecular weight is 467 g/mol. The van der Waals surface area contributed by atoms with E-state index >= 15 is 0 Å². The highest BCUT2D eigenvalue weighted by molar-refractivity contribution is 9.10. The van der Waals surface area contributed by atoms with Gasteiger partial charge in [0, 0.05) is 35.7 Å². The van der Waals surface area contributed by atoms with Gasteiger partial charge in [0.05, 0.1) is 4.90 Å². The Morgan fingerprint density at radius 1 is 1.04 bits per heavy atom. The van der Waals surface area contributed by atoms with E-state index in [9.17, 15) is 17.6 Å². The van der Waals surface area contributed by atoms with Crippen molar-refractivity contribution in [2.45, 2.75) is 24.2 Å². The van der Waals surface area contributed by atoms with Crippen LogP contribution in [0.15, 0.2) is 51.8 Å². The first kappa shape index (κ1) is 19.5. The van der Waals surface area contributed by atoms with Gasteiger partial charge in [0.25, 0.3) is 0 Å². The molecule has 0 bridgehead atoms. The van der Waals surface area contributed by atoms with Crippen molar-refractivity contribution in [3.63, 3.8) is 0 Å². The number of hydrogen-bond donors (Lipinski definition) is 0. The van der Waals surface area contributed by atoms with E-state index in [4.69, 9.17) is 0 Å². The summed E-state index contributed by atoms with van der Waals surface area (Å²) in [7, 11) is -3.66. The zero-order valence-electron chi connectivity index (χ0n) is 15.1. The Hall–Kier alpha value is -1.77. The fraction of sp³-hybridized carbons (Fsp3) is 0.350. The molecule has 1 amide bonds. The van der Waals surface area contributed by atoms with Crippen LogP contribution in [0.25, 0.3) is 0 Å². The van der Waals surface area contributed by atoms with Gasteiger partial charge in [-0.1, -0.05) is 15.9 Å². The number of carbonyl (C=O) groups is 1. The van der Waals surface area contributed by atoms with Crippen LogP contribution in [0.4, 0.5) is 10.1 Å². The molecule has 2 aliphatic heterocycles. The Labute approximate surface area is 172 Å². The highest BCUT2D eigenvalue weighted by Crippen LogP contribution is 2.33. The number of rotatable bonds is 3. The van der Waals surface area contributed by atoms with Gasteiger partial charge in [-0.25, -0.2) is 12.8 Å². The van der Waals surface area contributed by atoms with Crippen LogP contribution in [0.3, 0.4) is 0 Å². The zero-order valence-corrected chi connectivity index (χ0v) is 17.5. The molecule has 0 unspecified atom stereocenters. The van der Waals surface area contributed by atoms with E-state index in [-0.39, 0.29) is 29.8 Å². The third-order valence-electron chi connectivity index (χ3n) is 5.46. The summed E-state index contributed by atoms with van der Waals surface area (Å²) in [6.45, 7) is 1.24. The molecule has 0 radical (unpaired) electrons. The molecule has 2 aromatic rings. The van der Waals surface area contributed by atoms with Crippen molar-refractivity contribution >= 4 is 37.5 Å². The van der Waals surface area contributed by atoms with Crippen LogP contribution in [0, 0.1) is 11.7 Å². The smallest absolute Gasteiger partial charge is 0.243 e. The van der Waals surface area contributed by atoms with Crippen molar-refractivity contribution < 1.29 is 17.6 Å². The van der Waals surface area contributed by atoms with Gasteiger partial charge in [0.15, 0.2) is 0 Å². The van der Waals surface area contributed by atoms with Gasteiger partial charge in [-0.3, -0.25) is 4.79 Å². The van der Waals surface area contributed by atoms with Gasteiger partial charge in [0.2, 0.25) is 15.9 Å². The number of sulfonamides is 1. The van der Waals surface area contributed by atoms with E-state index in [1.165, 1.54) is 16.4 Å². The lowest BCUT2D eigenvalue weighted by Crippen LogP contribution is -2.44. The fourth-order valence-electron chi connectivity index (χ4n) is 3.92. The quantitative estimate of drug-likeness (QED) is 0.694. The van der Waals surface area contributed by atoms with E-state index in [2.05, 4.69) is 15.9 Å². The summed E-state index contributed by atoms with van der Waals surface area (Å²) in [5.41, 5.74) is 2.11. The first-order valence-electron chi connectivity index (χ1n) is 9.22. The van der Waals surface area contributed by atoms with Crippen molar-refractivity contribution in [2.75, 3.05) is 24.5 Å². The molecule has 148 valence electrons. The van der Waals surface area contributed by atoms with Crippen LogP contribution < -0.4 is 4.90 Å². The lowest BCUT2D eigenvalue weighted by Gasteiger charge is -2.32. The summed E-state index contributed by atoms with van der Waals surface area (Å²) in [5.74, 6) is -0.588. The molecule has 2 heterocycles. The van der Waals surface area contributed by atoms with Crippen molar-refractivity contribution in [1.82, 2.24) is 4.31 Å². The van der Waals surface area contributed by atoms with Gasteiger partial charge in [0.1, 0.15) is 5.82 Å². The van der Waals surface area contributed by atoms with E-state index in [0.29, 0.717) is 19.4 Å². The van der Waals surface area contributed by atoms with E-state index in [1.54, 1.807) is 0 Å². The molecule has 0 N–H and O–H groups in total. The monoisotopic (exact) mass is 466 g/mol. The lowest BCUT2D eigenvalue weighted by molar-refractivity contribution is -0.123.